The average Bonchev–Trinajstić information content (AvgIpc) is 2.62. The number of oxime groups is 1. The lowest BCUT2D eigenvalue weighted by atomic mass is 10.2. The molecule has 2 aromatic carbocycles. The summed E-state index contributed by atoms with van der Waals surface area (Å²) in [6.07, 6.45) is 0. The Morgan fingerprint density at radius 1 is 1.15 bits per heavy atom. The second-order valence-corrected chi connectivity index (χ2v) is 8.52. The van der Waals surface area contributed by atoms with E-state index in [0.29, 0.717) is 10.6 Å². The van der Waals surface area contributed by atoms with Crippen LogP contribution < -0.4 is 5.73 Å². The molecule has 0 amide bonds. The highest BCUT2D eigenvalue weighted by Gasteiger charge is 2.26. The molecule has 0 saturated carbocycles. The van der Waals surface area contributed by atoms with E-state index in [-0.39, 0.29) is 20.8 Å². The first-order valence-electron chi connectivity index (χ1n) is 7.32. The normalized spacial score (nSPS) is 12.3. The summed E-state index contributed by atoms with van der Waals surface area (Å²) in [5.74, 6) is -1.08. The molecule has 7 nitrogen and oxygen atoms in total. The highest BCUT2D eigenvalue weighted by atomic mass is 35.5. The summed E-state index contributed by atoms with van der Waals surface area (Å²) in [6, 6.07) is 10.5. The van der Waals surface area contributed by atoms with Gasteiger partial charge in [-0.3, -0.25) is 0 Å². The van der Waals surface area contributed by atoms with Crippen LogP contribution in [0.25, 0.3) is 0 Å². The monoisotopic (exact) mass is 449 g/mol. The first kappa shape index (κ1) is 21.5. The van der Waals surface area contributed by atoms with Crippen molar-refractivity contribution in [2.75, 3.05) is 13.6 Å². The highest BCUT2D eigenvalue weighted by Crippen LogP contribution is 2.27. The molecule has 11 heteroatoms. The van der Waals surface area contributed by atoms with Gasteiger partial charge in [-0.25, -0.2) is 13.2 Å². The fourth-order valence-corrected chi connectivity index (χ4v) is 4.04. The SMILES string of the molecule is CN(CC(=O)O/N=C(/N)c1ccccc1Cl)S(=O)(=O)c1cc(Cl)ccc1Cl. The van der Waals surface area contributed by atoms with Gasteiger partial charge in [-0.1, -0.05) is 52.1 Å². The minimum absolute atomic E-state index is 0.0272. The molecular formula is C16H14Cl3N3O4S. The molecule has 0 unspecified atom stereocenters. The lowest BCUT2D eigenvalue weighted by molar-refractivity contribution is -0.143. The van der Waals surface area contributed by atoms with Gasteiger partial charge in [-0.15, -0.1) is 0 Å². The molecule has 0 saturated heterocycles. The number of hydrogen-bond acceptors (Lipinski definition) is 5. The van der Waals surface area contributed by atoms with Gasteiger partial charge < -0.3 is 10.6 Å². The topological polar surface area (TPSA) is 102 Å². The van der Waals surface area contributed by atoms with E-state index in [1.54, 1.807) is 24.3 Å². The van der Waals surface area contributed by atoms with Crippen molar-refractivity contribution in [2.24, 2.45) is 10.9 Å². The number of halogens is 3. The van der Waals surface area contributed by atoms with Gasteiger partial charge in [0, 0.05) is 17.6 Å². The van der Waals surface area contributed by atoms with Gasteiger partial charge in [0.1, 0.15) is 11.4 Å². The maximum absolute atomic E-state index is 12.5. The van der Waals surface area contributed by atoms with Crippen LogP contribution >= 0.6 is 34.8 Å². The Kier molecular flexibility index (Phi) is 7.07. The van der Waals surface area contributed by atoms with Gasteiger partial charge in [0.25, 0.3) is 0 Å². The van der Waals surface area contributed by atoms with E-state index in [4.69, 9.17) is 40.5 Å². The van der Waals surface area contributed by atoms with Crippen LogP contribution in [0.5, 0.6) is 0 Å². The number of amidine groups is 1. The summed E-state index contributed by atoms with van der Waals surface area (Å²) in [7, 11) is -2.88. The van der Waals surface area contributed by atoms with E-state index in [1.807, 2.05) is 0 Å². The number of benzene rings is 2. The summed E-state index contributed by atoms with van der Waals surface area (Å²) in [5, 5.41) is 3.97. The Morgan fingerprint density at radius 2 is 1.81 bits per heavy atom. The number of hydrogen-bond donors (Lipinski definition) is 1. The van der Waals surface area contributed by atoms with E-state index in [9.17, 15) is 13.2 Å². The first-order chi connectivity index (χ1) is 12.6. The van der Waals surface area contributed by atoms with Crippen LogP contribution in [0.2, 0.25) is 15.1 Å². The Balaban J connectivity index is 2.10. The number of sulfonamides is 1. The van der Waals surface area contributed by atoms with Gasteiger partial charge in [0.2, 0.25) is 10.0 Å². The summed E-state index contributed by atoms with van der Waals surface area (Å²) >= 11 is 17.7. The van der Waals surface area contributed by atoms with E-state index in [1.165, 1.54) is 25.2 Å². The van der Waals surface area contributed by atoms with Crippen LogP contribution in [0, 0.1) is 0 Å². The third-order valence-electron chi connectivity index (χ3n) is 3.33. The zero-order chi connectivity index (χ0) is 20.2. The van der Waals surface area contributed by atoms with Crippen LogP contribution in [-0.4, -0.2) is 38.1 Å². The number of likely N-dealkylation sites (N-methyl/N-ethyl adjacent to an activating group) is 1. The van der Waals surface area contributed by atoms with Gasteiger partial charge in [-0.05, 0) is 30.3 Å². The van der Waals surface area contributed by atoms with Crippen molar-refractivity contribution in [3.63, 3.8) is 0 Å². The summed E-state index contributed by atoms with van der Waals surface area (Å²) in [5.41, 5.74) is 6.09. The molecule has 0 aliphatic carbocycles. The smallest absolute Gasteiger partial charge is 0.350 e. The average molecular weight is 451 g/mol. The molecule has 0 aromatic heterocycles. The molecule has 0 aliphatic rings. The lowest BCUT2D eigenvalue weighted by Crippen LogP contribution is -2.33. The molecule has 0 fully saturated rings. The van der Waals surface area contributed by atoms with Crippen LogP contribution in [0.15, 0.2) is 52.5 Å². The molecule has 0 radical (unpaired) electrons. The predicted octanol–water partition coefficient (Wildman–Crippen LogP) is 3.13. The van der Waals surface area contributed by atoms with E-state index in [0.717, 1.165) is 4.31 Å². The van der Waals surface area contributed by atoms with Crippen LogP contribution in [0.3, 0.4) is 0 Å². The van der Waals surface area contributed by atoms with Crippen molar-refractivity contribution in [2.45, 2.75) is 4.90 Å². The largest absolute Gasteiger partial charge is 0.380 e. The zero-order valence-corrected chi connectivity index (χ0v) is 17.0. The molecule has 2 aromatic rings. The fraction of sp³-hybridized carbons (Fsp3) is 0.125. The quantitative estimate of drug-likeness (QED) is 0.315. The van der Waals surface area contributed by atoms with Crippen molar-refractivity contribution < 1.29 is 18.0 Å². The Bertz CT molecular complexity index is 996. The van der Waals surface area contributed by atoms with Gasteiger partial charge >= 0.3 is 5.97 Å². The van der Waals surface area contributed by atoms with Crippen molar-refractivity contribution >= 4 is 56.6 Å². The number of carbonyl (C=O) groups excluding carboxylic acids is 1. The van der Waals surface area contributed by atoms with Crippen molar-refractivity contribution in [1.82, 2.24) is 4.31 Å². The third kappa shape index (κ3) is 5.33. The molecular weight excluding hydrogens is 437 g/mol. The summed E-state index contributed by atoms with van der Waals surface area (Å²) in [6.45, 7) is -0.621. The first-order valence-corrected chi connectivity index (χ1v) is 9.90. The minimum Gasteiger partial charge on any atom is -0.380 e. The number of rotatable bonds is 6. The van der Waals surface area contributed by atoms with Crippen LogP contribution in [0.4, 0.5) is 0 Å². The van der Waals surface area contributed by atoms with Crippen LogP contribution in [0.1, 0.15) is 5.56 Å². The molecule has 0 heterocycles. The predicted molar refractivity (Wildman–Crippen MR) is 105 cm³/mol. The number of nitrogens with two attached hydrogens (primary N) is 1. The maximum atomic E-state index is 12.5. The van der Waals surface area contributed by atoms with E-state index < -0.39 is 22.5 Å². The zero-order valence-electron chi connectivity index (χ0n) is 13.9. The van der Waals surface area contributed by atoms with Crippen molar-refractivity contribution in [1.29, 1.82) is 0 Å². The molecule has 27 heavy (non-hydrogen) atoms. The van der Waals surface area contributed by atoms with Crippen molar-refractivity contribution in [3.05, 3.63) is 63.1 Å². The Morgan fingerprint density at radius 3 is 2.48 bits per heavy atom. The number of carbonyl (C=O) groups is 1. The molecule has 0 aliphatic heterocycles. The number of nitrogens with zero attached hydrogens (tertiary/aromatic N) is 2. The van der Waals surface area contributed by atoms with Gasteiger partial charge in [0.05, 0.1) is 10.0 Å². The molecule has 2 rings (SSSR count). The Labute approximate surface area is 171 Å². The minimum atomic E-state index is -4.07. The second-order valence-electron chi connectivity index (χ2n) is 5.26. The summed E-state index contributed by atoms with van der Waals surface area (Å²) < 4.78 is 25.8. The highest BCUT2D eigenvalue weighted by molar-refractivity contribution is 7.89. The Hall–Kier alpha value is -1.84. The van der Waals surface area contributed by atoms with Gasteiger partial charge in [0.15, 0.2) is 5.84 Å². The molecule has 0 atom stereocenters. The van der Waals surface area contributed by atoms with E-state index >= 15 is 0 Å². The summed E-state index contributed by atoms with van der Waals surface area (Å²) in [4.78, 5) is 16.4. The van der Waals surface area contributed by atoms with Crippen molar-refractivity contribution in [3.8, 4) is 0 Å². The molecule has 2 N–H and O–H groups in total. The standard InChI is InChI=1S/C16H14Cl3N3O4S/c1-22(27(24,25)14-8-10(17)6-7-13(14)19)9-15(23)26-21-16(20)11-4-2-3-5-12(11)18/h2-8H,9H2,1H3,(H2,20,21). The maximum Gasteiger partial charge on any atom is 0.350 e. The van der Waals surface area contributed by atoms with Gasteiger partial charge in [-0.2, -0.15) is 4.31 Å². The fourth-order valence-electron chi connectivity index (χ4n) is 1.96. The molecule has 0 bridgehead atoms. The molecule has 0 spiro atoms. The second kappa shape index (κ2) is 8.90. The molecule has 144 valence electrons. The lowest BCUT2D eigenvalue weighted by Gasteiger charge is -2.16. The third-order valence-corrected chi connectivity index (χ3v) is 6.18. The van der Waals surface area contributed by atoms with E-state index in [2.05, 4.69) is 9.99 Å². The van der Waals surface area contributed by atoms with Crippen LogP contribution in [-0.2, 0) is 19.7 Å².